The average molecular weight is 415 g/mol. The molecule has 0 unspecified atom stereocenters. The molecule has 2 aromatic rings. The van der Waals surface area contributed by atoms with Crippen molar-refractivity contribution < 1.29 is 14.0 Å². The highest BCUT2D eigenvalue weighted by Gasteiger charge is 2.31. The first-order valence-electron chi connectivity index (χ1n) is 10.5. The predicted molar refractivity (Wildman–Crippen MR) is 114 cm³/mol. The first kappa shape index (κ1) is 20.1. The van der Waals surface area contributed by atoms with Crippen molar-refractivity contribution in [3.05, 3.63) is 51.7 Å². The zero-order chi connectivity index (χ0) is 20.4. The van der Waals surface area contributed by atoms with Crippen LogP contribution in [0, 0.1) is 11.7 Å². The number of nitrogens with zero attached hydrogens (tertiary/aromatic N) is 1. The smallest absolute Gasteiger partial charge is 0.259 e. The summed E-state index contributed by atoms with van der Waals surface area (Å²) in [6.07, 6.45) is 7.18. The van der Waals surface area contributed by atoms with Crippen molar-refractivity contribution in [2.75, 3.05) is 18.4 Å². The molecule has 1 fully saturated rings. The molecule has 2 heterocycles. The van der Waals surface area contributed by atoms with Gasteiger partial charge < -0.3 is 10.2 Å². The Bertz CT molecular complexity index is 916. The summed E-state index contributed by atoms with van der Waals surface area (Å²) in [4.78, 5) is 29.4. The molecule has 1 saturated heterocycles. The van der Waals surface area contributed by atoms with E-state index in [-0.39, 0.29) is 11.5 Å². The molecule has 1 aliphatic carbocycles. The number of hydrogen-bond acceptors (Lipinski definition) is 3. The van der Waals surface area contributed by atoms with Crippen LogP contribution in [0.25, 0.3) is 0 Å². The molecule has 0 saturated carbocycles. The number of thiophene rings is 1. The first-order chi connectivity index (χ1) is 14.0. The maximum atomic E-state index is 14.1. The molecule has 1 N–H and O–H groups in total. The van der Waals surface area contributed by atoms with Crippen LogP contribution in [0.2, 0.25) is 0 Å². The van der Waals surface area contributed by atoms with Crippen molar-refractivity contribution in [3.63, 3.8) is 0 Å². The first-order valence-corrected chi connectivity index (χ1v) is 11.4. The summed E-state index contributed by atoms with van der Waals surface area (Å²) in [7, 11) is 0. The summed E-state index contributed by atoms with van der Waals surface area (Å²) in [5, 5.41) is 3.44. The number of benzene rings is 1. The summed E-state index contributed by atoms with van der Waals surface area (Å²) >= 11 is 1.49. The molecule has 0 spiro atoms. The predicted octanol–water partition coefficient (Wildman–Crippen LogP) is 5.28. The number of anilines is 1. The minimum Gasteiger partial charge on any atom is -0.339 e. The van der Waals surface area contributed by atoms with Gasteiger partial charge in [0.1, 0.15) is 10.8 Å². The highest BCUT2D eigenvalue weighted by molar-refractivity contribution is 7.17. The van der Waals surface area contributed by atoms with E-state index in [1.165, 1.54) is 28.3 Å². The second-order valence-electron chi connectivity index (χ2n) is 8.20. The Balaban J connectivity index is 1.68. The second-order valence-corrected chi connectivity index (χ2v) is 9.30. The summed E-state index contributed by atoms with van der Waals surface area (Å²) in [6.45, 7) is 3.75. The van der Waals surface area contributed by atoms with E-state index >= 15 is 0 Å². The Morgan fingerprint density at radius 1 is 1.14 bits per heavy atom. The van der Waals surface area contributed by atoms with E-state index in [0.29, 0.717) is 16.5 Å². The normalized spacial score (nSPS) is 19.4. The second kappa shape index (κ2) is 8.66. The van der Waals surface area contributed by atoms with Crippen molar-refractivity contribution in [2.45, 2.75) is 51.9 Å². The molecule has 0 radical (unpaired) electrons. The van der Waals surface area contributed by atoms with Crippen molar-refractivity contribution in [1.82, 2.24) is 4.90 Å². The van der Waals surface area contributed by atoms with Gasteiger partial charge in [-0.2, -0.15) is 0 Å². The molecule has 1 aromatic carbocycles. The Morgan fingerprint density at radius 3 is 2.59 bits per heavy atom. The average Bonchev–Trinajstić information content (AvgIpc) is 2.87. The van der Waals surface area contributed by atoms with Gasteiger partial charge >= 0.3 is 0 Å². The van der Waals surface area contributed by atoms with Crippen LogP contribution in [0.15, 0.2) is 24.3 Å². The van der Waals surface area contributed by atoms with Gasteiger partial charge in [-0.1, -0.05) is 31.9 Å². The topological polar surface area (TPSA) is 49.4 Å². The van der Waals surface area contributed by atoms with E-state index in [2.05, 4.69) is 12.2 Å². The van der Waals surface area contributed by atoms with E-state index in [4.69, 9.17) is 0 Å². The molecular weight excluding hydrogens is 387 g/mol. The van der Waals surface area contributed by atoms with E-state index in [1.54, 1.807) is 12.1 Å². The molecule has 4 nitrogen and oxygen atoms in total. The molecule has 1 aliphatic heterocycles. The fraction of sp³-hybridized carbons (Fsp3) is 0.478. The third-order valence-corrected chi connectivity index (χ3v) is 7.13. The zero-order valence-electron chi connectivity index (χ0n) is 16.8. The van der Waals surface area contributed by atoms with Crippen molar-refractivity contribution in [3.8, 4) is 0 Å². The number of halogens is 1. The number of fused-ring (bicyclic) bond motifs is 1. The largest absolute Gasteiger partial charge is 0.339 e. The van der Waals surface area contributed by atoms with Gasteiger partial charge in [0, 0.05) is 18.0 Å². The number of carbonyl (C=O) groups excluding carboxylic acids is 2. The maximum absolute atomic E-state index is 14.1. The van der Waals surface area contributed by atoms with Crippen molar-refractivity contribution in [2.24, 2.45) is 5.92 Å². The van der Waals surface area contributed by atoms with Gasteiger partial charge in [-0.15, -0.1) is 11.3 Å². The van der Waals surface area contributed by atoms with Gasteiger partial charge in [0.25, 0.3) is 11.8 Å². The lowest BCUT2D eigenvalue weighted by Gasteiger charge is -2.23. The lowest BCUT2D eigenvalue weighted by Crippen LogP contribution is -2.33. The number of hydrogen-bond donors (Lipinski definition) is 1. The standard InChI is InChI=1S/C23H27FN2O2S/c1-15-10-11-17-19(14-15)29-22(25-21(27)16-8-4-5-9-18(16)24)20(17)23(28)26-12-6-2-3-7-13-26/h4-5,8-9,15H,2-3,6-7,10-14H2,1H3,(H,25,27)/t15-/m0/s1. The Kier molecular flexibility index (Phi) is 5.99. The lowest BCUT2D eigenvalue weighted by atomic mass is 9.88. The van der Waals surface area contributed by atoms with Crippen LogP contribution in [-0.4, -0.2) is 29.8 Å². The number of rotatable bonds is 3. The van der Waals surface area contributed by atoms with E-state index in [1.807, 2.05) is 4.90 Å². The van der Waals surface area contributed by atoms with Gasteiger partial charge in [-0.05, 0) is 55.7 Å². The summed E-state index contributed by atoms with van der Waals surface area (Å²) < 4.78 is 14.1. The monoisotopic (exact) mass is 414 g/mol. The van der Waals surface area contributed by atoms with Crippen molar-refractivity contribution >= 4 is 28.2 Å². The van der Waals surface area contributed by atoms with Crippen LogP contribution in [0.5, 0.6) is 0 Å². The van der Waals surface area contributed by atoms with Gasteiger partial charge in [0.15, 0.2) is 0 Å². The molecule has 1 aromatic heterocycles. The zero-order valence-corrected chi connectivity index (χ0v) is 17.6. The highest BCUT2D eigenvalue weighted by Crippen LogP contribution is 2.40. The third-order valence-electron chi connectivity index (χ3n) is 5.96. The fourth-order valence-corrected chi connectivity index (χ4v) is 5.71. The highest BCUT2D eigenvalue weighted by atomic mass is 32.1. The number of amides is 2. The van der Waals surface area contributed by atoms with Gasteiger partial charge in [0.2, 0.25) is 0 Å². The molecule has 2 aliphatic rings. The Hall–Kier alpha value is -2.21. The molecule has 6 heteroatoms. The molecule has 29 heavy (non-hydrogen) atoms. The van der Waals surface area contributed by atoms with Crippen LogP contribution in [-0.2, 0) is 12.8 Å². The Labute approximate surface area is 175 Å². The van der Waals surface area contributed by atoms with E-state index in [0.717, 1.165) is 63.6 Å². The van der Waals surface area contributed by atoms with Crippen LogP contribution in [0.4, 0.5) is 9.39 Å². The summed E-state index contributed by atoms with van der Waals surface area (Å²) in [5.74, 6) is -0.472. The SMILES string of the molecule is C[C@H]1CCc2c(sc(NC(=O)c3ccccc3F)c2C(=O)N2CCCCCC2)C1. The van der Waals surface area contributed by atoms with Crippen LogP contribution >= 0.6 is 11.3 Å². The molecule has 4 rings (SSSR count). The molecular formula is C23H27FN2O2S. The quantitative estimate of drug-likeness (QED) is 0.743. The van der Waals surface area contributed by atoms with E-state index < -0.39 is 11.7 Å². The molecule has 1 atom stereocenters. The van der Waals surface area contributed by atoms with Crippen molar-refractivity contribution in [1.29, 1.82) is 0 Å². The minimum atomic E-state index is -0.555. The lowest BCUT2D eigenvalue weighted by molar-refractivity contribution is 0.0761. The summed E-state index contributed by atoms with van der Waals surface area (Å²) in [5.41, 5.74) is 1.73. The summed E-state index contributed by atoms with van der Waals surface area (Å²) in [6, 6.07) is 5.95. The maximum Gasteiger partial charge on any atom is 0.259 e. The van der Waals surface area contributed by atoms with Gasteiger partial charge in [0.05, 0.1) is 11.1 Å². The van der Waals surface area contributed by atoms with Crippen LogP contribution < -0.4 is 5.32 Å². The number of likely N-dealkylation sites (tertiary alicyclic amines) is 1. The fourth-order valence-electron chi connectivity index (χ4n) is 4.31. The van der Waals surface area contributed by atoms with E-state index in [9.17, 15) is 14.0 Å². The Morgan fingerprint density at radius 2 is 1.86 bits per heavy atom. The molecule has 0 bridgehead atoms. The third kappa shape index (κ3) is 4.22. The van der Waals surface area contributed by atoms with Gasteiger partial charge in [-0.25, -0.2) is 4.39 Å². The molecule has 154 valence electrons. The molecule has 2 amide bonds. The number of carbonyl (C=O) groups is 2. The minimum absolute atomic E-state index is 0.000381. The van der Waals surface area contributed by atoms with Crippen LogP contribution in [0.3, 0.4) is 0 Å². The van der Waals surface area contributed by atoms with Crippen LogP contribution in [0.1, 0.15) is 70.2 Å². The van der Waals surface area contributed by atoms with Gasteiger partial charge in [-0.3, -0.25) is 9.59 Å². The number of nitrogens with one attached hydrogen (secondary N) is 1.